The molecule has 3 rings (SSSR count). The SMILES string of the molecule is CCc1ccc(C2C(C#N)=C(C)NC3=C2C(=O)CC(C)(C)C3)cc1. The Labute approximate surface area is 144 Å². The van der Waals surface area contributed by atoms with Crippen molar-refractivity contribution >= 4 is 5.78 Å². The summed E-state index contributed by atoms with van der Waals surface area (Å²) in [6.07, 6.45) is 2.36. The summed E-state index contributed by atoms with van der Waals surface area (Å²) < 4.78 is 0. The first-order chi connectivity index (χ1) is 11.4. The van der Waals surface area contributed by atoms with Crippen LogP contribution in [0.25, 0.3) is 0 Å². The molecule has 3 heteroatoms. The van der Waals surface area contributed by atoms with Gasteiger partial charge in [-0.15, -0.1) is 0 Å². The van der Waals surface area contributed by atoms with Gasteiger partial charge < -0.3 is 5.32 Å². The van der Waals surface area contributed by atoms with Gasteiger partial charge >= 0.3 is 0 Å². The van der Waals surface area contributed by atoms with Gasteiger partial charge in [-0.3, -0.25) is 4.79 Å². The third kappa shape index (κ3) is 2.78. The Hall–Kier alpha value is -2.34. The van der Waals surface area contributed by atoms with E-state index in [9.17, 15) is 10.1 Å². The fourth-order valence-corrected chi connectivity index (χ4v) is 3.86. The molecule has 0 spiro atoms. The molecule has 0 saturated heterocycles. The van der Waals surface area contributed by atoms with Crippen LogP contribution in [-0.2, 0) is 11.2 Å². The van der Waals surface area contributed by atoms with Crippen LogP contribution in [0.4, 0.5) is 0 Å². The first-order valence-corrected chi connectivity index (χ1v) is 8.59. The Balaban J connectivity index is 2.14. The van der Waals surface area contributed by atoms with Crippen LogP contribution in [-0.4, -0.2) is 5.78 Å². The predicted octanol–water partition coefficient (Wildman–Crippen LogP) is 4.38. The van der Waals surface area contributed by atoms with Crippen molar-refractivity contribution in [3.05, 3.63) is 57.9 Å². The number of carbonyl (C=O) groups is 1. The second kappa shape index (κ2) is 5.94. The molecule has 1 atom stereocenters. The van der Waals surface area contributed by atoms with Crippen molar-refractivity contribution in [2.75, 3.05) is 0 Å². The fraction of sp³-hybridized carbons (Fsp3) is 0.429. The summed E-state index contributed by atoms with van der Waals surface area (Å²) >= 11 is 0. The van der Waals surface area contributed by atoms with E-state index in [4.69, 9.17) is 0 Å². The third-order valence-corrected chi connectivity index (χ3v) is 5.08. The number of benzene rings is 1. The molecular weight excluding hydrogens is 296 g/mol. The molecule has 24 heavy (non-hydrogen) atoms. The molecule has 0 fully saturated rings. The van der Waals surface area contributed by atoms with Crippen molar-refractivity contribution < 1.29 is 4.79 Å². The standard InChI is InChI=1S/C21H24N2O/c1-5-14-6-8-15(9-7-14)19-16(12-22)13(2)23-17-10-21(3,4)11-18(24)20(17)19/h6-9,19,23H,5,10-11H2,1-4H3. The first-order valence-electron chi connectivity index (χ1n) is 8.59. The van der Waals surface area contributed by atoms with E-state index < -0.39 is 0 Å². The average molecular weight is 320 g/mol. The van der Waals surface area contributed by atoms with Gasteiger partial charge in [-0.1, -0.05) is 45.0 Å². The Morgan fingerprint density at radius 1 is 1.25 bits per heavy atom. The number of ketones is 1. The van der Waals surface area contributed by atoms with Crippen molar-refractivity contribution in [2.24, 2.45) is 5.41 Å². The number of nitrogens with one attached hydrogen (secondary N) is 1. The molecule has 124 valence electrons. The minimum atomic E-state index is -0.235. The van der Waals surface area contributed by atoms with Crippen molar-refractivity contribution in [3.63, 3.8) is 0 Å². The van der Waals surface area contributed by atoms with E-state index in [1.807, 2.05) is 6.92 Å². The van der Waals surface area contributed by atoms with Gasteiger partial charge in [-0.2, -0.15) is 5.26 Å². The number of Topliss-reactive ketones (excluding diaryl/α,β-unsaturated/α-hetero) is 1. The van der Waals surface area contributed by atoms with Crippen molar-refractivity contribution in [2.45, 2.75) is 52.9 Å². The lowest BCUT2D eigenvalue weighted by atomic mass is 9.69. The Morgan fingerprint density at radius 2 is 1.92 bits per heavy atom. The quantitative estimate of drug-likeness (QED) is 0.880. The van der Waals surface area contributed by atoms with Crippen LogP contribution in [0.3, 0.4) is 0 Å². The van der Waals surface area contributed by atoms with Gasteiger partial charge in [0.25, 0.3) is 0 Å². The topological polar surface area (TPSA) is 52.9 Å². The highest BCUT2D eigenvalue weighted by atomic mass is 16.1. The maximum atomic E-state index is 12.9. The molecule has 0 radical (unpaired) electrons. The molecule has 1 unspecified atom stereocenters. The number of hydrogen-bond acceptors (Lipinski definition) is 3. The number of nitrogens with zero attached hydrogens (tertiary/aromatic N) is 1. The van der Waals surface area contributed by atoms with E-state index in [0.29, 0.717) is 12.0 Å². The zero-order valence-electron chi connectivity index (χ0n) is 14.9. The maximum absolute atomic E-state index is 12.9. The summed E-state index contributed by atoms with van der Waals surface area (Å²) in [5, 5.41) is 13.0. The highest BCUT2D eigenvalue weighted by Gasteiger charge is 2.40. The van der Waals surface area contributed by atoms with Gasteiger partial charge in [-0.05, 0) is 36.3 Å². The second-order valence-corrected chi connectivity index (χ2v) is 7.64. The number of allylic oxidation sites excluding steroid dienone is 4. The molecule has 1 aromatic rings. The Kier molecular flexibility index (Phi) is 4.09. The normalized spacial score (nSPS) is 22.8. The summed E-state index contributed by atoms with van der Waals surface area (Å²) in [5.74, 6) is -0.0701. The van der Waals surface area contributed by atoms with Gasteiger partial charge in [0.05, 0.1) is 17.6 Å². The largest absolute Gasteiger partial charge is 0.361 e. The van der Waals surface area contributed by atoms with Gasteiger partial charge in [-0.25, -0.2) is 0 Å². The van der Waals surface area contributed by atoms with E-state index >= 15 is 0 Å². The molecular formula is C21H24N2O. The summed E-state index contributed by atoms with van der Waals surface area (Å²) in [6.45, 7) is 8.31. The van der Waals surface area contributed by atoms with Crippen LogP contribution in [0.15, 0.2) is 46.8 Å². The molecule has 3 nitrogen and oxygen atoms in total. The highest BCUT2D eigenvalue weighted by Crippen LogP contribution is 2.46. The molecule has 1 aliphatic heterocycles. The number of hydrogen-bond donors (Lipinski definition) is 1. The van der Waals surface area contributed by atoms with Crippen molar-refractivity contribution in [1.82, 2.24) is 5.32 Å². The van der Waals surface area contributed by atoms with E-state index in [-0.39, 0.29) is 17.1 Å². The lowest BCUT2D eigenvalue weighted by Crippen LogP contribution is -2.36. The average Bonchev–Trinajstić information content (AvgIpc) is 2.52. The summed E-state index contributed by atoms with van der Waals surface area (Å²) in [6, 6.07) is 10.7. The maximum Gasteiger partial charge on any atom is 0.162 e. The monoisotopic (exact) mass is 320 g/mol. The molecule has 1 aromatic carbocycles. The number of dihydropyridines is 1. The van der Waals surface area contributed by atoms with Gasteiger partial charge in [0.15, 0.2) is 5.78 Å². The Morgan fingerprint density at radius 3 is 2.50 bits per heavy atom. The van der Waals surface area contributed by atoms with Gasteiger partial charge in [0.2, 0.25) is 0 Å². The number of rotatable bonds is 2. The summed E-state index contributed by atoms with van der Waals surface area (Å²) in [5.41, 5.74) is 5.57. The van der Waals surface area contributed by atoms with Gasteiger partial charge in [0, 0.05) is 23.4 Å². The minimum absolute atomic E-state index is 0.0377. The van der Waals surface area contributed by atoms with E-state index in [1.165, 1.54) is 5.56 Å². The zero-order chi connectivity index (χ0) is 17.5. The van der Waals surface area contributed by atoms with Crippen LogP contribution < -0.4 is 5.32 Å². The summed E-state index contributed by atoms with van der Waals surface area (Å²) in [7, 11) is 0. The zero-order valence-corrected chi connectivity index (χ0v) is 14.9. The van der Waals surface area contributed by atoms with Crippen LogP contribution in [0.5, 0.6) is 0 Å². The number of carbonyl (C=O) groups excluding carboxylic acids is 1. The second-order valence-electron chi connectivity index (χ2n) is 7.64. The molecule has 0 bridgehead atoms. The van der Waals surface area contributed by atoms with E-state index in [2.05, 4.69) is 56.4 Å². The third-order valence-electron chi connectivity index (χ3n) is 5.08. The van der Waals surface area contributed by atoms with Crippen molar-refractivity contribution in [3.8, 4) is 6.07 Å². The fourth-order valence-electron chi connectivity index (χ4n) is 3.86. The number of nitriles is 1. The van der Waals surface area contributed by atoms with E-state index in [0.717, 1.165) is 35.4 Å². The smallest absolute Gasteiger partial charge is 0.162 e. The Bertz CT molecular complexity index is 788. The van der Waals surface area contributed by atoms with Crippen molar-refractivity contribution in [1.29, 1.82) is 5.26 Å². The first kappa shape index (κ1) is 16.5. The highest BCUT2D eigenvalue weighted by molar-refractivity contribution is 6.00. The molecule has 0 amide bonds. The molecule has 0 aromatic heterocycles. The molecule has 0 saturated carbocycles. The van der Waals surface area contributed by atoms with E-state index in [1.54, 1.807) is 0 Å². The molecule has 1 aliphatic carbocycles. The predicted molar refractivity (Wildman–Crippen MR) is 95.1 cm³/mol. The molecule has 1 heterocycles. The summed E-state index contributed by atoms with van der Waals surface area (Å²) in [4.78, 5) is 12.9. The molecule has 2 aliphatic rings. The minimum Gasteiger partial charge on any atom is -0.361 e. The lowest BCUT2D eigenvalue weighted by molar-refractivity contribution is -0.118. The van der Waals surface area contributed by atoms with Crippen LogP contribution in [0.1, 0.15) is 57.6 Å². The van der Waals surface area contributed by atoms with Gasteiger partial charge in [0.1, 0.15) is 0 Å². The van der Waals surface area contributed by atoms with Crippen LogP contribution >= 0.6 is 0 Å². The molecule has 1 N–H and O–H groups in total. The lowest BCUT2D eigenvalue weighted by Gasteiger charge is -2.38. The number of aryl methyl sites for hydroxylation is 1. The van der Waals surface area contributed by atoms with Crippen LogP contribution in [0.2, 0.25) is 0 Å². The van der Waals surface area contributed by atoms with Crippen LogP contribution in [0, 0.1) is 16.7 Å².